The molecular weight excluding hydrogens is 481 g/mol. The number of rotatable bonds is 9. The molecule has 2 aromatic rings. The summed E-state index contributed by atoms with van der Waals surface area (Å²) < 4.78 is 65.2. The van der Waals surface area contributed by atoms with Crippen molar-refractivity contribution in [1.82, 2.24) is 4.72 Å². The Morgan fingerprint density at radius 3 is 2.24 bits per heavy atom. The molecular formula is C21H19F3N2O5S2. The Kier molecular flexibility index (Phi) is 10.1. The fraction of sp³-hybridized carbons (Fsp3) is 0.238. The van der Waals surface area contributed by atoms with Crippen LogP contribution in [-0.2, 0) is 20.4 Å². The molecule has 176 valence electrons. The maximum atomic E-state index is 12.6. The molecule has 0 aromatic heterocycles. The predicted octanol–water partition coefficient (Wildman–Crippen LogP) is 5.24. The third-order valence-corrected chi connectivity index (χ3v) is 4.95. The lowest BCUT2D eigenvalue weighted by atomic mass is 10.2. The third kappa shape index (κ3) is 9.07. The van der Waals surface area contributed by atoms with E-state index in [1.165, 1.54) is 19.2 Å². The van der Waals surface area contributed by atoms with Crippen molar-refractivity contribution in [2.75, 3.05) is 13.7 Å². The lowest BCUT2D eigenvalue weighted by Gasteiger charge is -2.14. The summed E-state index contributed by atoms with van der Waals surface area (Å²) in [5.41, 5.74) is -0.759. The van der Waals surface area contributed by atoms with E-state index in [0.29, 0.717) is 11.5 Å². The van der Waals surface area contributed by atoms with Crippen LogP contribution in [0.1, 0.15) is 12.5 Å². The van der Waals surface area contributed by atoms with Gasteiger partial charge in [-0.15, -0.1) is 10.8 Å². The van der Waals surface area contributed by atoms with Crippen LogP contribution in [0.4, 0.5) is 13.2 Å². The molecule has 7 nitrogen and oxygen atoms in total. The summed E-state index contributed by atoms with van der Waals surface area (Å²) in [6, 6.07) is 10.6. The van der Waals surface area contributed by atoms with Crippen molar-refractivity contribution in [2.24, 2.45) is 4.40 Å². The Balaban J connectivity index is 1.80. The Bertz CT molecular complexity index is 977. The first kappa shape index (κ1) is 26.1. The lowest BCUT2D eigenvalue weighted by Crippen LogP contribution is -2.32. The van der Waals surface area contributed by atoms with E-state index in [0.717, 1.165) is 34.1 Å². The maximum Gasteiger partial charge on any atom is 0.416 e. The van der Waals surface area contributed by atoms with Gasteiger partial charge in [0.1, 0.15) is 17.2 Å². The summed E-state index contributed by atoms with van der Waals surface area (Å²) >= 11 is 0. The van der Waals surface area contributed by atoms with Crippen LogP contribution in [-0.4, -0.2) is 31.8 Å². The van der Waals surface area contributed by atoms with Gasteiger partial charge >= 0.3 is 12.3 Å². The quantitative estimate of drug-likeness (QED) is 0.126. The van der Waals surface area contributed by atoms with E-state index >= 15 is 0 Å². The van der Waals surface area contributed by atoms with Gasteiger partial charge in [0, 0.05) is 11.0 Å². The molecule has 0 heterocycles. The zero-order chi connectivity index (χ0) is 24.3. The van der Waals surface area contributed by atoms with Gasteiger partial charge in [-0.3, -0.25) is 9.52 Å². The third-order valence-electron chi connectivity index (χ3n) is 3.67. The van der Waals surface area contributed by atoms with Crippen molar-refractivity contribution in [3.63, 3.8) is 0 Å². The molecule has 1 amide bonds. The molecule has 0 saturated carbocycles. The average Bonchev–Trinajstić information content (AvgIpc) is 2.79. The van der Waals surface area contributed by atoms with Gasteiger partial charge < -0.3 is 18.9 Å². The number of terminal acetylenes is 1. The van der Waals surface area contributed by atoms with Crippen molar-refractivity contribution >= 4 is 34.0 Å². The van der Waals surface area contributed by atoms with Gasteiger partial charge in [0.2, 0.25) is 0 Å². The summed E-state index contributed by atoms with van der Waals surface area (Å²) in [6.07, 6.45) is -0.176. The molecule has 1 unspecified atom stereocenters. The highest BCUT2D eigenvalue weighted by atomic mass is 33.1. The van der Waals surface area contributed by atoms with Gasteiger partial charge in [0.25, 0.3) is 5.91 Å². The zero-order valence-corrected chi connectivity index (χ0v) is 19.1. The number of alkyl halides is 3. The van der Waals surface area contributed by atoms with Crippen molar-refractivity contribution in [3.05, 3.63) is 54.1 Å². The number of nitrogens with one attached hydrogen (secondary N) is 1. The Morgan fingerprint density at radius 1 is 1.12 bits per heavy atom. The molecule has 0 fully saturated rings. The molecule has 2 rings (SSSR count). The summed E-state index contributed by atoms with van der Waals surface area (Å²) in [6.45, 7) is 1.57. The molecule has 0 spiro atoms. The van der Waals surface area contributed by atoms with Crippen molar-refractivity contribution in [1.29, 1.82) is 0 Å². The molecule has 33 heavy (non-hydrogen) atoms. The first-order valence-electron chi connectivity index (χ1n) is 9.15. The molecule has 1 N–H and O–H groups in total. The van der Waals surface area contributed by atoms with Crippen LogP contribution in [0.2, 0.25) is 0 Å². The van der Waals surface area contributed by atoms with E-state index in [4.69, 9.17) is 25.4 Å². The average molecular weight is 501 g/mol. The highest BCUT2D eigenvalue weighted by Gasteiger charge is 2.30. The minimum Gasteiger partial charge on any atom is -0.481 e. The van der Waals surface area contributed by atoms with Crippen molar-refractivity contribution in [3.8, 4) is 29.6 Å². The number of carbonyl (C=O) groups excluding carboxylic acids is 1. The zero-order valence-electron chi connectivity index (χ0n) is 17.4. The van der Waals surface area contributed by atoms with Gasteiger partial charge in [0.15, 0.2) is 12.7 Å². The van der Waals surface area contributed by atoms with E-state index in [9.17, 15) is 18.0 Å². The lowest BCUT2D eigenvalue weighted by molar-refractivity contribution is -0.137. The largest absolute Gasteiger partial charge is 0.481 e. The second kappa shape index (κ2) is 12.8. The van der Waals surface area contributed by atoms with Gasteiger partial charge in [-0.1, -0.05) is 5.92 Å². The van der Waals surface area contributed by atoms with E-state index in [2.05, 4.69) is 15.0 Å². The predicted molar refractivity (Wildman–Crippen MR) is 121 cm³/mol. The van der Waals surface area contributed by atoms with E-state index in [1.807, 2.05) is 0 Å². The second-order valence-corrected chi connectivity index (χ2v) is 7.68. The van der Waals surface area contributed by atoms with Crippen molar-refractivity contribution < 1.29 is 36.9 Å². The molecule has 0 bridgehead atoms. The number of nitrogens with zero attached hydrogens (tertiary/aromatic N) is 1. The highest BCUT2D eigenvalue weighted by Crippen LogP contribution is 2.31. The first-order valence-corrected chi connectivity index (χ1v) is 11.3. The summed E-state index contributed by atoms with van der Waals surface area (Å²) in [4.78, 5) is 12.1. The van der Waals surface area contributed by atoms with Crippen molar-refractivity contribution in [2.45, 2.75) is 19.2 Å². The summed E-state index contributed by atoms with van der Waals surface area (Å²) in [5.74, 6) is 2.91. The molecule has 0 aliphatic carbocycles. The minimum absolute atomic E-state index is 0.00327. The highest BCUT2D eigenvalue weighted by molar-refractivity contribution is 8.75. The topological polar surface area (TPSA) is 78.4 Å². The number of hydrogen-bond acceptors (Lipinski definition) is 8. The summed E-state index contributed by atoms with van der Waals surface area (Å²) in [5, 5.41) is 0. The molecule has 0 aliphatic heterocycles. The van der Waals surface area contributed by atoms with Crippen LogP contribution >= 0.6 is 22.0 Å². The van der Waals surface area contributed by atoms with Gasteiger partial charge in [-0.25, -0.2) is 0 Å². The van der Waals surface area contributed by atoms with E-state index in [1.54, 1.807) is 31.2 Å². The number of halogens is 3. The number of carbonyl (C=O) groups is 1. The maximum absolute atomic E-state index is 12.6. The van der Waals surface area contributed by atoms with Crippen LogP contribution < -0.4 is 14.2 Å². The van der Waals surface area contributed by atoms with Gasteiger partial charge in [0.05, 0.1) is 23.7 Å². The van der Waals surface area contributed by atoms with Crippen LogP contribution in [0.5, 0.6) is 17.2 Å². The molecule has 0 saturated heterocycles. The Morgan fingerprint density at radius 2 is 1.70 bits per heavy atom. The second-order valence-electron chi connectivity index (χ2n) is 6.03. The van der Waals surface area contributed by atoms with E-state index in [-0.39, 0.29) is 18.4 Å². The van der Waals surface area contributed by atoms with Gasteiger partial charge in [-0.2, -0.15) is 13.2 Å². The minimum atomic E-state index is -4.41. The monoisotopic (exact) mass is 500 g/mol. The summed E-state index contributed by atoms with van der Waals surface area (Å²) in [7, 11) is 3.21. The molecule has 1 atom stereocenters. The molecule has 0 radical (unpaired) electrons. The molecule has 2 aromatic carbocycles. The number of benzene rings is 2. The normalized spacial score (nSPS) is 12.3. The van der Waals surface area contributed by atoms with Crippen LogP contribution in [0.3, 0.4) is 0 Å². The smallest absolute Gasteiger partial charge is 0.416 e. The first-order chi connectivity index (χ1) is 15.7. The van der Waals surface area contributed by atoms with Crippen LogP contribution in [0.25, 0.3) is 0 Å². The number of amides is 1. The number of hydrogen-bond donors (Lipinski definition) is 1. The number of methoxy groups -OCH3 is 1. The molecule has 0 aliphatic rings. The molecule has 12 heteroatoms. The standard InChI is InChI=1S/C21H19F3N2O5S2/c1-4-13-29-20(28-3)26-33-32-25-19(27)14(2)30-16-9-11-18(12-10-16)31-17-7-5-15(6-8-17)21(22,23)24/h1,5-12,14H,13H2,2-3H3,(H,25,27). The van der Waals surface area contributed by atoms with Crippen LogP contribution in [0.15, 0.2) is 52.9 Å². The Hall–Kier alpha value is -3.17. The number of ether oxygens (including phenoxy) is 4. The van der Waals surface area contributed by atoms with E-state index < -0.39 is 23.8 Å². The fourth-order valence-corrected chi connectivity index (χ4v) is 3.27. The Labute approximate surface area is 196 Å². The SMILES string of the molecule is C#CCOC(=NSSNC(=O)C(C)Oc1ccc(Oc2ccc(C(F)(F)F)cc2)cc1)OC. The van der Waals surface area contributed by atoms with Gasteiger partial charge in [-0.05, 0) is 55.5 Å². The fourth-order valence-electron chi connectivity index (χ4n) is 2.11. The van der Waals surface area contributed by atoms with Crippen LogP contribution in [0, 0.1) is 12.3 Å².